The molecule has 0 bridgehead atoms. The van der Waals surface area contributed by atoms with E-state index in [9.17, 15) is 13.2 Å². The molecule has 0 radical (unpaired) electrons. The summed E-state index contributed by atoms with van der Waals surface area (Å²) in [6, 6.07) is 5.90. The number of hydrogen-bond acceptors (Lipinski definition) is 6. The summed E-state index contributed by atoms with van der Waals surface area (Å²) >= 11 is 5.12. The lowest BCUT2D eigenvalue weighted by molar-refractivity contribution is 0.0730. The Bertz CT molecular complexity index is 806. The van der Waals surface area contributed by atoms with E-state index in [1.807, 2.05) is 0 Å². The molecule has 0 saturated carbocycles. The van der Waals surface area contributed by atoms with Gasteiger partial charge in [-0.2, -0.15) is 4.31 Å². The molecule has 0 spiro atoms. The highest BCUT2D eigenvalue weighted by Crippen LogP contribution is 2.18. The van der Waals surface area contributed by atoms with Crippen LogP contribution in [0.2, 0.25) is 0 Å². The van der Waals surface area contributed by atoms with Crippen LogP contribution in [0.5, 0.6) is 0 Å². The van der Waals surface area contributed by atoms with Gasteiger partial charge in [-0.25, -0.2) is 8.42 Å². The molecular weight excluding hydrogens is 404 g/mol. The van der Waals surface area contributed by atoms with Gasteiger partial charge in [0.25, 0.3) is 5.91 Å². The molecule has 28 heavy (non-hydrogen) atoms. The van der Waals surface area contributed by atoms with Gasteiger partial charge in [-0.15, -0.1) is 0 Å². The van der Waals surface area contributed by atoms with Gasteiger partial charge in [0, 0.05) is 31.8 Å². The first-order valence-corrected chi connectivity index (χ1v) is 11.0. The maximum atomic E-state index is 12.7. The molecule has 2 fully saturated rings. The number of morpholine rings is 1. The fourth-order valence-corrected chi connectivity index (χ4v) is 4.56. The summed E-state index contributed by atoms with van der Waals surface area (Å²) < 4.78 is 37.5. The molecule has 3 rings (SSSR count). The Kier molecular flexibility index (Phi) is 7.18. The quantitative estimate of drug-likeness (QED) is 0.444. The van der Waals surface area contributed by atoms with Crippen LogP contribution in [0.3, 0.4) is 0 Å². The number of hydrogen-bond donors (Lipinski definition) is 3. The highest BCUT2D eigenvalue weighted by Gasteiger charge is 2.26. The van der Waals surface area contributed by atoms with Crippen LogP contribution in [0, 0.1) is 0 Å². The second-order valence-electron chi connectivity index (χ2n) is 6.47. The normalized spacial score (nSPS) is 20.5. The summed E-state index contributed by atoms with van der Waals surface area (Å²) in [6.07, 6.45) is 2.14. The standard InChI is InChI=1S/C17H24N4O5S2/c22-16(19-20-17(27)18-12-14-4-2-8-26-14)13-3-1-5-15(11-13)28(23,24)21-6-9-25-10-7-21/h1,3,5,11,14H,2,4,6-10,12H2,(H,19,22)(H2,18,20,27)/t14-/m0/s1. The highest BCUT2D eigenvalue weighted by atomic mass is 32.2. The van der Waals surface area contributed by atoms with E-state index >= 15 is 0 Å². The highest BCUT2D eigenvalue weighted by molar-refractivity contribution is 7.89. The monoisotopic (exact) mass is 428 g/mol. The molecule has 1 aromatic rings. The fourth-order valence-electron chi connectivity index (χ4n) is 2.98. The predicted octanol–water partition coefficient (Wildman–Crippen LogP) is -0.00460. The first kappa shape index (κ1) is 20.9. The van der Waals surface area contributed by atoms with Crippen molar-refractivity contribution in [2.24, 2.45) is 0 Å². The van der Waals surface area contributed by atoms with E-state index in [0.717, 1.165) is 19.4 Å². The summed E-state index contributed by atoms with van der Waals surface area (Å²) in [5, 5.41) is 3.24. The lowest BCUT2D eigenvalue weighted by Crippen LogP contribution is -2.48. The van der Waals surface area contributed by atoms with Crippen molar-refractivity contribution in [3.8, 4) is 0 Å². The van der Waals surface area contributed by atoms with Crippen LogP contribution in [0.1, 0.15) is 23.2 Å². The molecule has 2 heterocycles. The van der Waals surface area contributed by atoms with Crippen molar-refractivity contribution in [3.63, 3.8) is 0 Å². The van der Waals surface area contributed by atoms with Crippen molar-refractivity contribution >= 4 is 33.3 Å². The molecule has 1 aromatic carbocycles. The molecule has 2 aliphatic heterocycles. The molecule has 1 atom stereocenters. The van der Waals surface area contributed by atoms with Crippen molar-refractivity contribution in [2.75, 3.05) is 39.5 Å². The zero-order valence-corrected chi connectivity index (χ0v) is 17.0. The van der Waals surface area contributed by atoms with Crippen LogP contribution in [-0.2, 0) is 19.5 Å². The number of thiocarbonyl (C=S) groups is 1. The molecule has 9 nitrogen and oxygen atoms in total. The van der Waals surface area contributed by atoms with Crippen LogP contribution < -0.4 is 16.2 Å². The number of carbonyl (C=O) groups excluding carboxylic acids is 1. The minimum atomic E-state index is -3.67. The Labute approximate surface area is 169 Å². The maximum absolute atomic E-state index is 12.7. The predicted molar refractivity (Wildman–Crippen MR) is 106 cm³/mol. The second kappa shape index (κ2) is 9.61. The van der Waals surface area contributed by atoms with Crippen molar-refractivity contribution in [1.29, 1.82) is 0 Å². The van der Waals surface area contributed by atoms with E-state index in [1.54, 1.807) is 0 Å². The van der Waals surface area contributed by atoms with Gasteiger partial charge < -0.3 is 14.8 Å². The van der Waals surface area contributed by atoms with Crippen LogP contribution in [0.4, 0.5) is 0 Å². The van der Waals surface area contributed by atoms with E-state index in [-0.39, 0.29) is 21.7 Å². The van der Waals surface area contributed by atoms with Gasteiger partial charge in [-0.1, -0.05) is 6.07 Å². The summed E-state index contributed by atoms with van der Waals surface area (Å²) in [7, 11) is -3.67. The topological polar surface area (TPSA) is 109 Å². The van der Waals surface area contributed by atoms with E-state index in [4.69, 9.17) is 21.7 Å². The van der Waals surface area contributed by atoms with E-state index < -0.39 is 15.9 Å². The number of carbonyl (C=O) groups is 1. The van der Waals surface area contributed by atoms with Crippen molar-refractivity contribution in [1.82, 2.24) is 20.5 Å². The van der Waals surface area contributed by atoms with Crippen LogP contribution in [0.15, 0.2) is 29.2 Å². The van der Waals surface area contributed by atoms with E-state index in [1.165, 1.54) is 28.6 Å². The fraction of sp³-hybridized carbons (Fsp3) is 0.529. The summed E-state index contributed by atoms with van der Waals surface area (Å²) in [6.45, 7) is 2.64. The minimum Gasteiger partial charge on any atom is -0.379 e. The first-order valence-electron chi connectivity index (χ1n) is 9.10. The Morgan fingerprint density at radius 3 is 2.71 bits per heavy atom. The summed E-state index contributed by atoms with van der Waals surface area (Å²) in [5.74, 6) is -0.486. The molecule has 0 aliphatic carbocycles. The number of rotatable bonds is 5. The number of benzene rings is 1. The molecule has 154 valence electrons. The Morgan fingerprint density at radius 2 is 2.00 bits per heavy atom. The zero-order chi connectivity index (χ0) is 20.0. The molecule has 2 saturated heterocycles. The number of hydrazine groups is 1. The van der Waals surface area contributed by atoms with E-state index in [2.05, 4.69) is 16.2 Å². The van der Waals surface area contributed by atoms with Gasteiger partial charge >= 0.3 is 0 Å². The van der Waals surface area contributed by atoms with E-state index in [0.29, 0.717) is 32.8 Å². The third-order valence-corrected chi connectivity index (χ3v) is 6.65. The van der Waals surface area contributed by atoms with Gasteiger partial charge in [0.1, 0.15) is 0 Å². The Balaban J connectivity index is 1.55. The van der Waals surface area contributed by atoms with Gasteiger partial charge in [0.15, 0.2) is 5.11 Å². The zero-order valence-electron chi connectivity index (χ0n) is 15.3. The number of amides is 1. The van der Waals surface area contributed by atoms with Crippen LogP contribution >= 0.6 is 12.2 Å². The summed E-state index contributed by atoms with van der Waals surface area (Å²) in [5.41, 5.74) is 5.30. The number of ether oxygens (including phenoxy) is 2. The SMILES string of the molecule is O=C(NNC(=S)NC[C@@H]1CCCO1)c1cccc(S(=O)(=O)N2CCOCC2)c1. The minimum absolute atomic E-state index is 0.0705. The molecule has 11 heteroatoms. The number of sulfonamides is 1. The Hall–Kier alpha value is -1.79. The lowest BCUT2D eigenvalue weighted by atomic mass is 10.2. The number of nitrogens with zero attached hydrogens (tertiary/aromatic N) is 1. The molecule has 0 aromatic heterocycles. The lowest BCUT2D eigenvalue weighted by Gasteiger charge is -2.26. The smallest absolute Gasteiger partial charge is 0.269 e. The molecule has 0 unspecified atom stereocenters. The molecular formula is C17H24N4O5S2. The van der Waals surface area contributed by atoms with Crippen LogP contribution in [0.25, 0.3) is 0 Å². The van der Waals surface area contributed by atoms with Crippen molar-refractivity contribution < 1.29 is 22.7 Å². The van der Waals surface area contributed by atoms with Gasteiger partial charge in [-0.05, 0) is 43.3 Å². The maximum Gasteiger partial charge on any atom is 0.269 e. The van der Waals surface area contributed by atoms with Gasteiger partial charge in [-0.3, -0.25) is 15.6 Å². The third kappa shape index (κ3) is 5.39. The molecule has 1 amide bonds. The van der Waals surface area contributed by atoms with Crippen molar-refractivity contribution in [3.05, 3.63) is 29.8 Å². The molecule has 3 N–H and O–H groups in total. The van der Waals surface area contributed by atoms with Gasteiger partial charge in [0.2, 0.25) is 10.0 Å². The second-order valence-corrected chi connectivity index (χ2v) is 8.81. The average Bonchev–Trinajstić information content (AvgIpc) is 3.25. The summed E-state index contributed by atoms with van der Waals surface area (Å²) in [4.78, 5) is 12.4. The van der Waals surface area contributed by atoms with Crippen molar-refractivity contribution in [2.45, 2.75) is 23.8 Å². The van der Waals surface area contributed by atoms with Crippen LogP contribution in [-0.4, -0.2) is 69.3 Å². The number of nitrogens with one attached hydrogen (secondary N) is 3. The first-order chi connectivity index (χ1) is 13.5. The average molecular weight is 429 g/mol. The Morgan fingerprint density at radius 1 is 1.21 bits per heavy atom. The third-order valence-electron chi connectivity index (χ3n) is 4.51. The van der Waals surface area contributed by atoms with Gasteiger partial charge in [0.05, 0.1) is 24.2 Å². The largest absolute Gasteiger partial charge is 0.379 e. The molecule has 2 aliphatic rings.